The molecule has 2 aromatic rings. The lowest BCUT2D eigenvalue weighted by Crippen LogP contribution is -3.12. The van der Waals surface area contributed by atoms with Crippen molar-refractivity contribution in [1.82, 2.24) is 4.98 Å². The van der Waals surface area contributed by atoms with E-state index in [0.29, 0.717) is 6.54 Å². The molecule has 0 bridgehead atoms. The molecule has 3 rings (SSSR count). The fraction of sp³-hybridized carbons (Fsp3) is 0.350. The van der Waals surface area contributed by atoms with Crippen LogP contribution in [0.4, 0.5) is 5.69 Å². The van der Waals surface area contributed by atoms with Gasteiger partial charge in [-0.05, 0) is 44.2 Å². The van der Waals surface area contributed by atoms with E-state index in [1.54, 1.807) is 6.20 Å². The second kappa shape index (κ2) is 9.97. The van der Waals surface area contributed by atoms with Crippen LogP contribution in [0.1, 0.15) is 25.1 Å². The largest absolute Gasteiger partial charge is 1.00 e. The lowest BCUT2D eigenvalue weighted by atomic mass is 10.0. The Balaban J connectivity index is 0.00000261. The lowest BCUT2D eigenvalue weighted by molar-refractivity contribution is -0.894. The summed E-state index contributed by atoms with van der Waals surface area (Å²) in [7, 11) is 0. The van der Waals surface area contributed by atoms with Crippen molar-refractivity contribution in [3.8, 4) is 0 Å². The van der Waals surface area contributed by atoms with Gasteiger partial charge in [0.1, 0.15) is 6.54 Å². The van der Waals surface area contributed by atoms with Gasteiger partial charge < -0.3 is 22.2 Å². The molecule has 1 aromatic heterocycles. The lowest BCUT2D eigenvalue weighted by Gasteiger charge is -2.25. The number of aliphatic imine (C=N–C) groups is 1. The Kier molecular flexibility index (Phi) is 7.95. The van der Waals surface area contributed by atoms with Crippen molar-refractivity contribution >= 4 is 33.2 Å². The number of nitrogens with zero attached hydrogens (tertiary/aromatic N) is 3. The van der Waals surface area contributed by atoms with Gasteiger partial charge in [-0.25, -0.2) is 0 Å². The van der Waals surface area contributed by atoms with Crippen LogP contribution >= 0.6 is 15.9 Å². The fourth-order valence-corrected chi connectivity index (χ4v) is 3.59. The summed E-state index contributed by atoms with van der Waals surface area (Å²) in [5, 5.41) is 0. The summed E-state index contributed by atoms with van der Waals surface area (Å²) in [6, 6.07) is 11.8. The third-order valence-corrected chi connectivity index (χ3v) is 5.27. The van der Waals surface area contributed by atoms with Crippen LogP contribution in [0.5, 0.6) is 0 Å². The highest BCUT2D eigenvalue weighted by molar-refractivity contribution is 9.10. The van der Waals surface area contributed by atoms with Gasteiger partial charge in [0.15, 0.2) is 0 Å². The molecule has 1 aliphatic heterocycles. The molecule has 0 aliphatic carbocycles. The van der Waals surface area contributed by atoms with E-state index >= 15 is 0 Å². The third-order valence-electron chi connectivity index (χ3n) is 4.77. The quantitative estimate of drug-likeness (QED) is 0.610. The van der Waals surface area contributed by atoms with Gasteiger partial charge in [0.2, 0.25) is 5.91 Å². The molecule has 1 amide bonds. The number of hydrogen-bond donors (Lipinski definition) is 1. The first-order chi connectivity index (χ1) is 12.6. The van der Waals surface area contributed by atoms with E-state index in [1.165, 1.54) is 4.90 Å². The average Bonchev–Trinajstić information content (AvgIpc) is 2.80. The number of anilines is 1. The Bertz CT molecular complexity index is 809. The topological polar surface area (TPSA) is 50.0 Å². The molecule has 1 N–H and O–H groups in total. The molecule has 5 nitrogen and oxygen atoms in total. The van der Waals surface area contributed by atoms with Crippen LogP contribution < -0.4 is 22.2 Å². The number of rotatable bonds is 6. The summed E-state index contributed by atoms with van der Waals surface area (Å²) in [4.78, 5) is 25.2. The number of nitrogens with one attached hydrogen (secondary N) is 1. The number of carbonyl (C=O) groups excluding carboxylic acids is 1. The standard InChI is InChI=1S/C20H23BrN4O.ClH/c1-3-24(4-2)11-12-25-18-9-8-15(21)13-16(18)20(23-14-19(25)26)17-7-5-6-10-22-17;/h5-10,13H,3-4,11-12,14H2,1-2H3;1H. The predicted molar refractivity (Wildman–Crippen MR) is 108 cm³/mol. The number of carbonyl (C=O) groups is 1. The zero-order valence-corrected chi connectivity index (χ0v) is 17.9. The number of quaternary nitrogens is 1. The molecule has 1 aliphatic rings. The Hall–Kier alpha value is -1.76. The minimum absolute atomic E-state index is 0. The van der Waals surface area contributed by atoms with Crippen molar-refractivity contribution in [2.24, 2.45) is 4.99 Å². The number of hydrogen-bond acceptors (Lipinski definition) is 3. The van der Waals surface area contributed by atoms with Crippen LogP contribution in [0, 0.1) is 0 Å². The van der Waals surface area contributed by atoms with Crippen LogP contribution in [0.2, 0.25) is 0 Å². The Morgan fingerprint density at radius 3 is 2.63 bits per heavy atom. The van der Waals surface area contributed by atoms with Crippen LogP contribution in [-0.2, 0) is 4.79 Å². The van der Waals surface area contributed by atoms with Crippen molar-refractivity contribution in [3.63, 3.8) is 0 Å². The van der Waals surface area contributed by atoms with E-state index in [-0.39, 0.29) is 24.9 Å². The SMILES string of the molecule is CC[NH+](CC)CCN1C(=O)CN=C(c2ccccn2)c2cc(Br)ccc21.[Cl-]. The minimum Gasteiger partial charge on any atom is -1.00 e. The molecular formula is C20H24BrClN4O. The maximum Gasteiger partial charge on any atom is 0.248 e. The number of benzodiazepines with no additional fused rings is 1. The Morgan fingerprint density at radius 2 is 1.96 bits per heavy atom. The number of aromatic nitrogens is 1. The summed E-state index contributed by atoms with van der Waals surface area (Å²) in [6.45, 7) is 8.23. The summed E-state index contributed by atoms with van der Waals surface area (Å²) >= 11 is 3.55. The molecule has 0 spiro atoms. The maximum absolute atomic E-state index is 12.8. The van der Waals surface area contributed by atoms with E-state index in [4.69, 9.17) is 0 Å². The van der Waals surface area contributed by atoms with Gasteiger partial charge in [-0.15, -0.1) is 0 Å². The van der Waals surface area contributed by atoms with E-state index in [9.17, 15) is 4.79 Å². The maximum atomic E-state index is 12.8. The van der Waals surface area contributed by atoms with Crippen LogP contribution in [0.3, 0.4) is 0 Å². The highest BCUT2D eigenvalue weighted by Crippen LogP contribution is 2.29. The smallest absolute Gasteiger partial charge is 0.248 e. The number of amides is 1. The summed E-state index contributed by atoms with van der Waals surface area (Å²) in [5.74, 6) is 0.0334. The molecular weight excluding hydrogens is 428 g/mol. The second-order valence-electron chi connectivity index (χ2n) is 6.29. The number of pyridine rings is 1. The van der Waals surface area contributed by atoms with Gasteiger partial charge in [0.05, 0.1) is 43.3 Å². The van der Waals surface area contributed by atoms with E-state index in [0.717, 1.165) is 46.8 Å². The van der Waals surface area contributed by atoms with Gasteiger partial charge >= 0.3 is 0 Å². The molecule has 0 fully saturated rings. The van der Waals surface area contributed by atoms with Crippen molar-refractivity contribution in [2.75, 3.05) is 37.6 Å². The highest BCUT2D eigenvalue weighted by atomic mass is 79.9. The summed E-state index contributed by atoms with van der Waals surface area (Å²) in [6.07, 6.45) is 1.75. The number of fused-ring (bicyclic) bond motifs is 1. The van der Waals surface area contributed by atoms with Gasteiger partial charge in [0, 0.05) is 16.2 Å². The highest BCUT2D eigenvalue weighted by Gasteiger charge is 2.26. The van der Waals surface area contributed by atoms with Gasteiger partial charge in [-0.3, -0.25) is 14.8 Å². The van der Waals surface area contributed by atoms with E-state index in [2.05, 4.69) is 39.8 Å². The average molecular weight is 452 g/mol. The van der Waals surface area contributed by atoms with Crippen molar-refractivity contribution < 1.29 is 22.1 Å². The summed E-state index contributed by atoms with van der Waals surface area (Å²) < 4.78 is 0.962. The zero-order chi connectivity index (χ0) is 18.5. The molecule has 0 unspecified atom stereocenters. The predicted octanol–water partition coefficient (Wildman–Crippen LogP) is -1.04. The first-order valence-electron chi connectivity index (χ1n) is 9.03. The molecule has 0 saturated carbocycles. The van der Waals surface area contributed by atoms with Crippen LogP contribution in [0.25, 0.3) is 0 Å². The number of benzene rings is 1. The number of halogens is 2. The van der Waals surface area contributed by atoms with E-state index in [1.807, 2.05) is 41.3 Å². The van der Waals surface area contributed by atoms with Crippen LogP contribution in [-0.4, -0.2) is 49.3 Å². The normalized spacial score (nSPS) is 13.7. The van der Waals surface area contributed by atoms with Gasteiger partial charge in [-0.2, -0.15) is 0 Å². The summed E-state index contributed by atoms with van der Waals surface area (Å²) in [5.41, 5.74) is 3.41. The molecule has 7 heteroatoms. The van der Waals surface area contributed by atoms with Gasteiger partial charge in [0.25, 0.3) is 0 Å². The molecule has 0 radical (unpaired) electrons. The molecule has 144 valence electrons. The van der Waals surface area contributed by atoms with Crippen molar-refractivity contribution in [1.29, 1.82) is 0 Å². The second-order valence-corrected chi connectivity index (χ2v) is 7.21. The monoisotopic (exact) mass is 450 g/mol. The van der Waals surface area contributed by atoms with Gasteiger partial charge in [-0.1, -0.05) is 22.0 Å². The molecule has 1 aromatic carbocycles. The van der Waals surface area contributed by atoms with E-state index < -0.39 is 0 Å². The van der Waals surface area contributed by atoms with Crippen LogP contribution in [0.15, 0.2) is 52.1 Å². The van der Waals surface area contributed by atoms with Crippen molar-refractivity contribution in [3.05, 3.63) is 58.3 Å². The zero-order valence-electron chi connectivity index (χ0n) is 15.6. The first-order valence-corrected chi connectivity index (χ1v) is 9.83. The fourth-order valence-electron chi connectivity index (χ4n) is 3.23. The van der Waals surface area contributed by atoms with Crippen molar-refractivity contribution in [2.45, 2.75) is 13.8 Å². The third kappa shape index (κ3) is 4.94. The molecule has 0 saturated heterocycles. The molecule has 0 atom stereocenters. The Labute approximate surface area is 175 Å². The minimum atomic E-state index is 0. The first kappa shape index (κ1) is 21.5. The molecule has 2 heterocycles. The number of likely N-dealkylation sites (N-methyl/N-ethyl adjacent to an activating group) is 1. The molecule has 27 heavy (non-hydrogen) atoms. The Morgan fingerprint density at radius 1 is 1.19 bits per heavy atom.